The number of nitrogens with one attached hydrogen (secondary N) is 1. The Bertz CT molecular complexity index is 321. The molecule has 0 fully saturated rings. The summed E-state index contributed by atoms with van der Waals surface area (Å²) in [6.45, 7) is 6.46. The van der Waals surface area contributed by atoms with E-state index in [1.54, 1.807) is 10.9 Å². The van der Waals surface area contributed by atoms with Crippen LogP contribution in [-0.2, 0) is 11.3 Å². The molecule has 0 spiro atoms. The largest absolute Gasteiger partial charge is 0.350 e. The van der Waals surface area contributed by atoms with Crippen LogP contribution in [0, 0.1) is 5.92 Å². The van der Waals surface area contributed by atoms with Crippen molar-refractivity contribution in [3.63, 3.8) is 0 Å². The van der Waals surface area contributed by atoms with Crippen LogP contribution in [0.4, 0.5) is 0 Å². The van der Waals surface area contributed by atoms with Gasteiger partial charge in [0.1, 0.15) is 0 Å². The van der Waals surface area contributed by atoms with Gasteiger partial charge >= 0.3 is 0 Å². The molecule has 0 bridgehead atoms. The van der Waals surface area contributed by atoms with E-state index in [-0.39, 0.29) is 17.9 Å². The molecule has 1 rings (SSSR count). The third-order valence-electron chi connectivity index (χ3n) is 2.43. The Morgan fingerprint density at radius 2 is 2.19 bits per heavy atom. The van der Waals surface area contributed by atoms with Gasteiger partial charge in [-0.2, -0.15) is 5.10 Å². The zero-order valence-electron chi connectivity index (χ0n) is 10.1. The Kier molecular flexibility index (Phi) is 4.49. The summed E-state index contributed by atoms with van der Waals surface area (Å²) in [7, 11) is 0. The molecule has 0 saturated heterocycles. The van der Waals surface area contributed by atoms with Gasteiger partial charge < -0.3 is 11.1 Å². The van der Waals surface area contributed by atoms with E-state index >= 15 is 0 Å². The predicted molar refractivity (Wildman–Crippen MR) is 62.6 cm³/mol. The molecule has 5 heteroatoms. The summed E-state index contributed by atoms with van der Waals surface area (Å²) < 4.78 is 1.78. The second kappa shape index (κ2) is 5.65. The maximum absolute atomic E-state index is 11.7. The maximum Gasteiger partial charge on any atom is 0.237 e. The molecule has 1 amide bonds. The summed E-state index contributed by atoms with van der Waals surface area (Å²) in [6, 6.07) is 1.44. The van der Waals surface area contributed by atoms with Gasteiger partial charge in [-0.3, -0.25) is 9.48 Å². The molecular formula is C11H20N4O. The van der Waals surface area contributed by atoms with Crippen molar-refractivity contribution in [2.45, 2.75) is 39.4 Å². The molecule has 1 unspecified atom stereocenters. The fraction of sp³-hybridized carbons (Fsp3) is 0.636. The molecule has 0 aliphatic rings. The van der Waals surface area contributed by atoms with Crippen LogP contribution in [0.25, 0.3) is 0 Å². The van der Waals surface area contributed by atoms with E-state index in [2.05, 4.69) is 10.4 Å². The average Bonchev–Trinajstić information content (AvgIpc) is 2.68. The first-order chi connectivity index (χ1) is 7.50. The van der Waals surface area contributed by atoms with Crippen LogP contribution >= 0.6 is 0 Å². The van der Waals surface area contributed by atoms with Crippen LogP contribution in [0.2, 0.25) is 0 Å². The quantitative estimate of drug-likeness (QED) is 0.759. The molecule has 0 aliphatic heterocycles. The third-order valence-corrected chi connectivity index (χ3v) is 2.43. The van der Waals surface area contributed by atoms with E-state index in [1.165, 1.54) is 0 Å². The SMILES string of the molecule is CC(Cn1cccn1)NC(=O)[C@H](N)C(C)C. The van der Waals surface area contributed by atoms with Crippen molar-refractivity contribution in [3.05, 3.63) is 18.5 Å². The minimum absolute atomic E-state index is 0.0252. The smallest absolute Gasteiger partial charge is 0.237 e. The van der Waals surface area contributed by atoms with Crippen LogP contribution in [0.15, 0.2) is 18.5 Å². The Labute approximate surface area is 96.0 Å². The van der Waals surface area contributed by atoms with Crippen molar-refractivity contribution < 1.29 is 4.79 Å². The van der Waals surface area contributed by atoms with E-state index in [9.17, 15) is 4.79 Å². The number of nitrogens with two attached hydrogens (primary N) is 1. The first-order valence-electron chi connectivity index (χ1n) is 5.54. The van der Waals surface area contributed by atoms with E-state index in [0.717, 1.165) is 0 Å². The molecule has 1 heterocycles. The Hall–Kier alpha value is -1.36. The molecule has 3 N–H and O–H groups in total. The molecule has 2 atom stereocenters. The van der Waals surface area contributed by atoms with Gasteiger partial charge in [0.25, 0.3) is 0 Å². The number of hydrogen-bond donors (Lipinski definition) is 2. The summed E-state index contributed by atoms with van der Waals surface area (Å²) >= 11 is 0. The molecule has 0 aromatic carbocycles. The molecule has 0 aliphatic carbocycles. The van der Waals surface area contributed by atoms with Crippen molar-refractivity contribution in [3.8, 4) is 0 Å². The van der Waals surface area contributed by atoms with Crippen molar-refractivity contribution in [1.82, 2.24) is 15.1 Å². The molecule has 90 valence electrons. The lowest BCUT2D eigenvalue weighted by molar-refractivity contribution is -0.123. The zero-order chi connectivity index (χ0) is 12.1. The van der Waals surface area contributed by atoms with Gasteiger partial charge in [0.05, 0.1) is 12.6 Å². The summed E-state index contributed by atoms with van der Waals surface area (Å²) in [5.74, 6) is 0.0477. The Morgan fingerprint density at radius 1 is 1.50 bits per heavy atom. The van der Waals surface area contributed by atoms with Gasteiger partial charge in [0.2, 0.25) is 5.91 Å². The lowest BCUT2D eigenvalue weighted by atomic mass is 10.0. The van der Waals surface area contributed by atoms with E-state index in [0.29, 0.717) is 6.54 Å². The topological polar surface area (TPSA) is 72.9 Å². The predicted octanol–water partition coefficient (Wildman–Crippen LogP) is 0.371. The van der Waals surface area contributed by atoms with Gasteiger partial charge in [-0.15, -0.1) is 0 Å². The number of carbonyl (C=O) groups is 1. The molecule has 0 radical (unpaired) electrons. The Balaban J connectivity index is 2.39. The first-order valence-corrected chi connectivity index (χ1v) is 5.54. The second-order valence-corrected chi connectivity index (χ2v) is 4.41. The first kappa shape index (κ1) is 12.7. The van der Waals surface area contributed by atoms with Gasteiger partial charge in [-0.25, -0.2) is 0 Å². The molecular weight excluding hydrogens is 204 g/mol. The molecule has 1 aromatic rings. The minimum atomic E-state index is -0.444. The maximum atomic E-state index is 11.7. The standard InChI is InChI=1S/C11H20N4O/c1-8(2)10(12)11(16)14-9(3)7-15-6-4-5-13-15/h4-6,8-10H,7,12H2,1-3H3,(H,14,16)/t9?,10-/m1/s1. The van der Waals surface area contributed by atoms with Crippen LogP contribution in [0.1, 0.15) is 20.8 Å². The second-order valence-electron chi connectivity index (χ2n) is 4.41. The highest BCUT2D eigenvalue weighted by Crippen LogP contribution is 1.99. The van der Waals surface area contributed by atoms with Crippen LogP contribution in [0.5, 0.6) is 0 Å². The third kappa shape index (κ3) is 3.66. The molecule has 16 heavy (non-hydrogen) atoms. The normalized spacial score (nSPS) is 14.8. The monoisotopic (exact) mass is 224 g/mol. The summed E-state index contributed by atoms with van der Waals surface area (Å²) in [6.07, 6.45) is 3.58. The highest BCUT2D eigenvalue weighted by molar-refractivity contribution is 5.81. The average molecular weight is 224 g/mol. The van der Waals surface area contributed by atoms with Gasteiger partial charge in [-0.1, -0.05) is 13.8 Å². The van der Waals surface area contributed by atoms with Crippen molar-refractivity contribution in [1.29, 1.82) is 0 Å². The number of carbonyl (C=O) groups excluding carboxylic acids is 1. The van der Waals surface area contributed by atoms with Gasteiger partial charge in [0.15, 0.2) is 0 Å². The van der Waals surface area contributed by atoms with Crippen LogP contribution in [-0.4, -0.2) is 27.8 Å². The summed E-state index contributed by atoms with van der Waals surface area (Å²) in [5.41, 5.74) is 5.75. The van der Waals surface area contributed by atoms with Gasteiger partial charge in [0, 0.05) is 18.4 Å². The molecule has 5 nitrogen and oxygen atoms in total. The number of amides is 1. The zero-order valence-corrected chi connectivity index (χ0v) is 10.1. The lowest BCUT2D eigenvalue weighted by Crippen LogP contribution is -2.48. The number of rotatable bonds is 5. The van der Waals surface area contributed by atoms with Crippen LogP contribution in [0.3, 0.4) is 0 Å². The minimum Gasteiger partial charge on any atom is -0.350 e. The highest BCUT2D eigenvalue weighted by Gasteiger charge is 2.18. The lowest BCUT2D eigenvalue weighted by Gasteiger charge is -2.19. The molecule has 1 aromatic heterocycles. The highest BCUT2D eigenvalue weighted by atomic mass is 16.2. The fourth-order valence-electron chi connectivity index (χ4n) is 1.38. The van der Waals surface area contributed by atoms with Crippen molar-refractivity contribution in [2.75, 3.05) is 0 Å². The Morgan fingerprint density at radius 3 is 2.69 bits per heavy atom. The number of aromatic nitrogens is 2. The van der Waals surface area contributed by atoms with E-state index in [1.807, 2.05) is 33.0 Å². The van der Waals surface area contributed by atoms with E-state index in [4.69, 9.17) is 5.73 Å². The van der Waals surface area contributed by atoms with Crippen molar-refractivity contribution >= 4 is 5.91 Å². The number of hydrogen-bond acceptors (Lipinski definition) is 3. The van der Waals surface area contributed by atoms with Crippen LogP contribution < -0.4 is 11.1 Å². The summed E-state index contributed by atoms with van der Waals surface area (Å²) in [5, 5.41) is 6.95. The summed E-state index contributed by atoms with van der Waals surface area (Å²) in [4.78, 5) is 11.7. The molecule has 0 saturated carbocycles. The van der Waals surface area contributed by atoms with E-state index < -0.39 is 6.04 Å². The fourth-order valence-corrected chi connectivity index (χ4v) is 1.38. The van der Waals surface area contributed by atoms with Gasteiger partial charge in [-0.05, 0) is 18.9 Å². The van der Waals surface area contributed by atoms with Crippen molar-refractivity contribution in [2.24, 2.45) is 11.7 Å². The number of nitrogens with zero attached hydrogens (tertiary/aromatic N) is 2.